The Morgan fingerprint density at radius 2 is 2.14 bits per heavy atom. The molecule has 1 heterocycles. The summed E-state index contributed by atoms with van der Waals surface area (Å²) in [6, 6.07) is 13.8. The highest BCUT2D eigenvalue weighted by Crippen LogP contribution is 2.29. The molecule has 1 saturated carbocycles. The van der Waals surface area contributed by atoms with Crippen molar-refractivity contribution in [2.24, 2.45) is 0 Å². The van der Waals surface area contributed by atoms with E-state index < -0.39 is 0 Å². The summed E-state index contributed by atoms with van der Waals surface area (Å²) >= 11 is 0. The maximum atomic E-state index is 12.8. The molecule has 0 atom stereocenters. The Kier molecular flexibility index (Phi) is 4.49. The number of aromatic nitrogens is 1. The summed E-state index contributed by atoms with van der Waals surface area (Å²) in [7, 11) is 1.66. The summed E-state index contributed by atoms with van der Waals surface area (Å²) in [6.45, 7) is 1.09. The smallest absolute Gasteiger partial charge is 0.254 e. The predicted octanol–water partition coefficient (Wildman–Crippen LogP) is 3.03. The van der Waals surface area contributed by atoms with E-state index in [1.807, 2.05) is 47.4 Å². The molecule has 1 aromatic carbocycles. The largest absolute Gasteiger partial charge is 0.380 e. The molecular formula is C18H20N2O2. The first-order valence-corrected chi connectivity index (χ1v) is 7.56. The summed E-state index contributed by atoms with van der Waals surface area (Å²) in [4.78, 5) is 19.1. The minimum Gasteiger partial charge on any atom is -0.380 e. The molecule has 2 aromatic rings. The van der Waals surface area contributed by atoms with E-state index in [0.29, 0.717) is 19.2 Å². The monoisotopic (exact) mass is 296 g/mol. The van der Waals surface area contributed by atoms with Gasteiger partial charge in [-0.25, -0.2) is 0 Å². The van der Waals surface area contributed by atoms with Crippen LogP contribution in [0.2, 0.25) is 0 Å². The van der Waals surface area contributed by atoms with Crippen LogP contribution >= 0.6 is 0 Å². The summed E-state index contributed by atoms with van der Waals surface area (Å²) in [5, 5.41) is 0. The standard InChI is InChI=1S/C18H20N2O2/c1-22-13-14-5-4-6-15(11-14)18(21)20(17-8-9-17)12-16-7-2-3-10-19-16/h2-7,10-11,17H,8-9,12-13H2,1H3. The second kappa shape index (κ2) is 6.71. The quantitative estimate of drug-likeness (QED) is 0.823. The van der Waals surface area contributed by atoms with Crippen LogP contribution in [0.25, 0.3) is 0 Å². The van der Waals surface area contributed by atoms with Gasteiger partial charge < -0.3 is 9.64 Å². The molecule has 0 unspecified atom stereocenters. The van der Waals surface area contributed by atoms with Gasteiger partial charge in [0.2, 0.25) is 0 Å². The van der Waals surface area contributed by atoms with Crippen molar-refractivity contribution in [1.29, 1.82) is 0 Å². The molecular weight excluding hydrogens is 276 g/mol. The molecule has 1 amide bonds. The zero-order valence-electron chi connectivity index (χ0n) is 12.7. The van der Waals surface area contributed by atoms with Gasteiger partial charge in [-0.3, -0.25) is 9.78 Å². The zero-order chi connectivity index (χ0) is 15.4. The fraction of sp³-hybridized carbons (Fsp3) is 0.333. The molecule has 0 radical (unpaired) electrons. The lowest BCUT2D eigenvalue weighted by Gasteiger charge is -2.22. The SMILES string of the molecule is COCc1cccc(C(=O)N(Cc2ccccn2)C2CC2)c1. The van der Waals surface area contributed by atoms with E-state index in [2.05, 4.69) is 4.98 Å². The molecule has 3 rings (SSSR count). The predicted molar refractivity (Wildman–Crippen MR) is 84.3 cm³/mol. The molecule has 1 aliphatic carbocycles. The van der Waals surface area contributed by atoms with E-state index in [1.165, 1.54) is 0 Å². The van der Waals surface area contributed by atoms with Gasteiger partial charge in [-0.05, 0) is 42.7 Å². The third-order valence-corrected chi connectivity index (χ3v) is 3.79. The molecule has 0 saturated heterocycles. The van der Waals surface area contributed by atoms with Gasteiger partial charge in [0.15, 0.2) is 0 Å². The molecule has 22 heavy (non-hydrogen) atoms. The summed E-state index contributed by atoms with van der Waals surface area (Å²) in [6.07, 6.45) is 3.93. The van der Waals surface area contributed by atoms with Crippen LogP contribution in [0, 0.1) is 0 Å². The summed E-state index contributed by atoms with van der Waals surface area (Å²) in [5.74, 6) is 0.0751. The van der Waals surface area contributed by atoms with Crippen LogP contribution in [0.3, 0.4) is 0 Å². The van der Waals surface area contributed by atoms with Crippen LogP contribution in [-0.4, -0.2) is 28.9 Å². The molecule has 1 aromatic heterocycles. The van der Waals surface area contributed by atoms with Crippen molar-refractivity contribution in [2.75, 3.05) is 7.11 Å². The van der Waals surface area contributed by atoms with E-state index in [1.54, 1.807) is 13.3 Å². The number of benzene rings is 1. The van der Waals surface area contributed by atoms with Gasteiger partial charge in [0.1, 0.15) is 0 Å². The van der Waals surface area contributed by atoms with Crippen LogP contribution in [0.1, 0.15) is 34.5 Å². The number of hydrogen-bond acceptors (Lipinski definition) is 3. The minimum atomic E-state index is 0.0751. The van der Waals surface area contributed by atoms with Gasteiger partial charge in [0.25, 0.3) is 5.91 Å². The van der Waals surface area contributed by atoms with Crippen LogP contribution in [0.5, 0.6) is 0 Å². The number of amides is 1. The van der Waals surface area contributed by atoms with Crippen molar-refractivity contribution in [2.45, 2.75) is 32.0 Å². The van der Waals surface area contributed by atoms with Crippen LogP contribution in [0.4, 0.5) is 0 Å². The van der Waals surface area contributed by atoms with E-state index >= 15 is 0 Å². The highest BCUT2D eigenvalue weighted by molar-refractivity contribution is 5.94. The molecule has 1 fully saturated rings. The Balaban J connectivity index is 1.79. The first-order chi connectivity index (χ1) is 10.8. The van der Waals surface area contributed by atoms with Crippen molar-refractivity contribution in [3.8, 4) is 0 Å². The first kappa shape index (κ1) is 14.7. The average Bonchev–Trinajstić information content (AvgIpc) is 3.38. The van der Waals surface area contributed by atoms with Gasteiger partial charge >= 0.3 is 0 Å². The van der Waals surface area contributed by atoms with E-state index in [4.69, 9.17) is 4.74 Å². The molecule has 4 heteroatoms. The summed E-state index contributed by atoms with van der Waals surface area (Å²) in [5.41, 5.74) is 2.66. The van der Waals surface area contributed by atoms with Crippen LogP contribution in [-0.2, 0) is 17.9 Å². The van der Waals surface area contributed by atoms with Crippen molar-refractivity contribution in [1.82, 2.24) is 9.88 Å². The first-order valence-electron chi connectivity index (χ1n) is 7.56. The number of ether oxygens (including phenoxy) is 1. The number of carbonyl (C=O) groups is 1. The average molecular weight is 296 g/mol. The van der Waals surface area contributed by atoms with Crippen molar-refractivity contribution in [3.05, 3.63) is 65.5 Å². The van der Waals surface area contributed by atoms with Crippen molar-refractivity contribution in [3.63, 3.8) is 0 Å². The lowest BCUT2D eigenvalue weighted by Crippen LogP contribution is -2.33. The van der Waals surface area contributed by atoms with Crippen LogP contribution < -0.4 is 0 Å². The number of nitrogens with zero attached hydrogens (tertiary/aromatic N) is 2. The Morgan fingerprint density at radius 1 is 1.27 bits per heavy atom. The number of carbonyl (C=O) groups excluding carboxylic acids is 1. The Morgan fingerprint density at radius 3 is 2.82 bits per heavy atom. The fourth-order valence-corrected chi connectivity index (χ4v) is 2.55. The lowest BCUT2D eigenvalue weighted by molar-refractivity contribution is 0.0727. The van der Waals surface area contributed by atoms with Gasteiger partial charge in [-0.15, -0.1) is 0 Å². The van der Waals surface area contributed by atoms with Gasteiger partial charge in [-0.1, -0.05) is 18.2 Å². The minimum absolute atomic E-state index is 0.0751. The van der Waals surface area contributed by atoms with Crippen molar-refractivity contribution >= 4 is 5.91 Å². The number of pyridine rings is 1. The Bertz CT molecular complexity index is 639. The topological polar surface area (TPSA) is 42.4 Å². The van der Waals surface area contributed by atoms with Gasteiger partial charge in [0.05, 0.1) is 18.8 Å². The number of hydrogen-bond donors (Lipinski definition) is 0. The second-order valence-corrected chi connectivity index (χ2v) is 5.62. The third kappa shape index (κ3) is 3.52. The van der Waals surface area contributed by atoms with Gasteiger partial charge in [0, 0.05) is 24.9 Å². The van der Waals surface area contributed by atoms with E-state index in [-0.39, 0.29) is 5.91 Å². The van der Waals surface area contributed by atoms with Gasteiger partial charge in [-0.2, -0.15) is 0 Å². The number of rotatable bonds is 6. The maximum absolute atomic E-state index is 12.8. The number of methoxy groups -OCH3 is 1. The third-order valence-electron chi connectivity index (χ3n) is 3.79. The fourth-order valence-electron chi connectivity index (χ4n) is 2.55. The zero-order valence-corrected chi connectivity index (χ0v) is 12.7. The molecule has 1 aliphatic rings. The normalized spacial score (nSPS) is 13.9. The molecule has 0 spiro atoms. The van der Waals surface area contributed by atoms with E-state index in [0.717, 1.165) is 29.7 Å². The Hall–Kier alpha value is -2.20. The van der Waals surface area contributed by atoms with Crippen LogP contribution in [0.15, 0.2) is 48.7 Å². The highest BCUT2D eigenvalue weighted by atomic mass is 16.5. The highest BCUT2D eigenvalue weighted by Gasteiger charge is 2.33. The second-order valence-electron chi connectivity index (χ2n) is 5.62. The summed E-state index contributed by atoms with van der Waals surface area (Å²) < 4.78 is 5.14. The maximum Gasteiger partial charge on any atom is 0.254 e. The van der Waals surface area contributed by atoms with Crippen molar-refractivity contribution < 1.29 is 9.53 Å². The molecule has 0 bridgehead atoms. The molecule has 0 N–H and O–H groups in total. The lowest BCUT2D eigenvalue weighted by atomic mass is 10.1. The van der Waals surface area contributed by atoms with E-state index in [9.17, 15) is 4.79 Å². The Labute approximate surface area is 130 Å². The molecule has 4 nitrogen and oxygen atoms in total. The molecule has 0 aliphatic heterocycles. The molecule has 114 valence electrons.